The van der Waals surface area contributed by atoms with Crippen LogP contribution < -0.4 is 30.7 Å². The fraction of sp³-hybridized carbons (Fsp3) is 0.400. The first-order valence-electron chi connectivity index (χ1n) is 17.6. The molecule has 0 aliphatic rings. The third-order valence-electron chi connectivity index (χ3n) is 8.93. The van der Waals surface area contributed by atoms with Crippen LogP contribution in [0.4, 0.5) is 0 Å². The number of para-hydroxylation sites is 4. The van der Waals surface area contributed by atoms with Gasteiger partial charge in [-0.1, -0.05) is 48.5 Å². The van der Waals surface area contributed by atoms with Crippen LogP contribution in [0.15, 0.2) is 97.1 Å². The van der Waals surface area contributed by atoms with E-state index in [4.69, 9.17) is 9.47 Å². The Morgan fingerprint density at radius 2 is 0.489 bits per heavy atom. The summed E-state index contributed by atoms with van der Waals surface area (Å²) in [5.74, 6) is 4.30. The van der Waals surface area contributed by atoms with Gasteiger partial charge in [-0.15, -0.1) is 0 Å². The molecule has 0 aromatic heterocycles. The standard InChI is InChI=1S/2C20H28OP2.Pd/c2*1-5-22(6-2)19-15-11-9-13-17(19)21-18-14-10-12-16-20(18)23(7-3)8-4;/h2*9-16H,5-8H2,1-4H3;/p+4. The van der Waals surface area contributed by atoms with Gasteiger partial charge in [-0.2, -0.15) is 0 Å². The van der Waals surface area contributed by atoms with Gasteiger partial charge in [0, 0.05) is 52.1 Å². The summed E-state index contributed by atoms with van der Waals surface area (Å²) in [5, 5.41) is 5.77. The van der Waals surface area contributed by atoms with Crippen molar-refractivity contribution < 1.29 is 29.9 Å². The zero-order valence-corrected chi connectivity index (χ0v) is 35.6. The largest absolute Gasteiger partial charge is 0.449 e. The molecular weight excluding hydrogens is 743 g/mol. The molecule has 47 heavy (non-hydrogen) atoms. The number of benzene rings is 4. The van der Waals surface area contributed by atoms with Gasteiger partial charge in [-0.25, -0.2) is 0 Å². The molecule has 0 saturated heterocycles. The van der Waals surface area contributed by atoms with Crippen LogP contribution in [0, 0.1) is 0 Å². The van der Waals surface area contributed by atoms with E-state index in [1.54, 1.807) is 0 Å². The molecule has 0 unspecified atom stereocenters. The zero-order chi connectivity index (χ0) is 33.3. The third-order valence-corrected chi connectivity index (χ3v) is 20.5. The maximum absolute atomic E-state index is 6.46. The second-order valence-electron chi connectivity index (χ2n) is 11.4. The van der Waals surface area contributed by atoms with E-state index in [-0.39, 0.29) is 20.4 Å². The van der Waals surface area contributed by atoms with Crippen molar-refractivity contribution in [1.82, 2.24) is 0 Å². The predicted octanol–water partition coefficient (Wildman–Crippen LogP) is 10.5. The summed E-state index contributed by atoms with van der Waals surface area (Å²) in [7, 11) is -2.04. The summed E-state index contributed by atoms with van der Waals surface area (Å²) in [6.45, 7) is 18.4. The van der Waals surface area contributed by atoms with Crippen molar-refractivity contribution in [1.29, 1.82) is 0 Å². The second kappa shape index (κ2) is 23.3. The van der Waals surface area contributed by atoms with Crippen molar-refractivity contribution in [2.45, 2.75) is 55.4 Å². The average molecular weight is 803 g/mol. The first-order valence-corrected chi connectivity index (χ1v) is 25.3. The minimum atomic E-state index is -0.510. The maximum atomic E-state index is 6.46. The van der Waals surface area contributed by atoms with Gasteiger partial charge in [0.2, 0.25) is 0 Å². The van der Waals surface area contributed by atoms with Crippen molar-refractivity contribution in [3.05, 3.63) is 97.1 Å². The Hall–Kier alpha value is -1.14. The molecule has 0 bridgehead atoms. The second-order valence-corrected chi connectivity index (χ2v) is 24.1. The monoisotopic (exact) mass is 802 g/mol. The van der Waals surface area contributed by atoms with E-state index >= 15 is 0 Å². The van der Waals surface area contributed by atoms with Gasteiger partial charge in [-0.05, 0) is 104 Å². The molecule has 0 aliphatic carbocycles. The summed E-state index contributed by atoms with van der Waals surface area (Å²) in [4.78, 5) is 0. The Morgan fingerprint density at radius 3 is 0.660 bits per heavy atom. The number of hydrogen-bond donors (Lipinski definition) is 0. The third kappa shape index (κ3) is 12.0. The Labute approximate surface area is 305 Å². The van der Waals surface area contributed by atoms with Gasteiger partial charge in [0.05, 0.1) is 49.3 Å². The average Bonchev–Trinajstić information content (AvgIpc) is 3.10. The SMILES string of the molecule is CC[PH+](CC)c1ccccc1Oc1ccccc1[PH+](CC)CC.CC[PH+](CC)c1ccccc1Oc1ccccc1[PH+](CC)CC.[Pd]. The van der Waals surface area contributed by atoms with Crippen LogP contribution in [-0.2, 0) is 20.4 Å². The van der Waals surface area contributed by atoms with Crippen molar-refractivity contribution in [2.75, 3.05) is 49.3 Å². The summed E-state index contributed by atoms with van der Waals surface area (Å²) in [6, 6.07) is 34.6. The van der Waals surface area contributed by atoms with Gasteiger partial charge in [0.1, 0.15) is 21.2 Å². The Morgan fingerprint density at radius 1 is 0.319 bits per heavy atom. The van der Waals surface area contributed by atoms with Crippen LogP contribution in [0.5, 0.6) is 23.0 Å². The van der Waals surface area contributed by atoms with E-state index in [1.165, 1.54) is 70.5 Å². The van der Waals surface area contributed by atoms with Crippen LogP contribution in [0.1, 0.15) is 55.4 Å². The van der Waals surface area contributed by atoms with E-state index in [1.807, 2.05) is 0 Å². The summed E-state index contributed by atoms with van der Waals surface area (Å²) in [6.07, 6.45) is 10.0. The first kappa shape index (κ1) is 42.0. The van der Waals surface area contributed by atoms with E-state index < -0.39 is 31.7 Å². The molecule has 0 aliphatic heterocycles. The molecule has 0 fully saturated rings. The molecule has 0 atom stereocenters. The molecule has 0 spiro atoms. The van der Waals surface area contributed by atoms with Gasteiger partial charge in [-0.3, -0.25) is 0 Å². The molecule has 258 valence electrons. The predicted molar refractivity (Wildman–Crippen MR) is 222 cm³/mol. The van der Waals surface area contributed by atoms with E-state index in [0.717, 1.165) is 23.0 Å². The molecule has 0 amide bonds. The number of rotatable bonds is 16. The maximum Gasteiger partial charge on any atom is 0.169 e. The summed E-state index contributed by atoms with van der Waals surface area (Å²) >= 11 is 0. The van der Waals surface area contributed by atoms with Gasteiger partial charge < -0.3 is 9.47 Å². The summed E-state index contributed by atoms with van der Waals surface area (Å²) in [5.41, 5.74) is 0. The molecule has 2 nitrogen and oxygen atoms in total. The van der Waals surface area contributed by atoms with Crippen molar-refractivity contribution in [2.24, 2.45) is 0 Å². The van der Waals surface area contributed by atoms with Gasteiger partial charge >= 0.3 is 0 Å². The molecule has 0 radical (unpaired) electrons. The first-order chi connectivity index (χ1) is 22.5. The van der Waals surface area contributed by atoms with Crippen LogP contribution >= 0.6 is 31.7 Å². The molecule has 0 heterocycles. The normalized spacial score (nSPS) is 11.0. The topological polar surface area (TPSA) is 18.5 Å². The molecule has 4 aromatic carbocycles. The van der Waals surface area contributed by atoms with Crippen molar-refractivity contribution in [3.8, 4) is 23.0 Å². The van der Waals surface area contributed by atoms with Gasteiger partial charge in [0.25, 0.3) is 0 Å². The minimum Gasteiger partial charge on any atom is -0.449 e. The fourth-order valence-electron chi connectivity index (χ4n) is 6.15. The molecular formula is C40H60O2P4Pd+4. The van der Waals surface area contributed by atoms with E-state index in [9.17, 15) is 0 Å². The van der Waals surface area contributed by atoms with Crippen LogP contribution in [0.3, 0.4) is 0 Å². The Bertz CT molecular complexity index is 1220. The van der Waals surface area contributed by atoms with Crippen LogP contribution in [0.2, 0.25) is 0 Å². The molecule has 0 N–H and O–H groups in total. The van der Waals surface area contributed by atoms with E-state index in [0.29, 0.717) is 0 Å². The van der Waals surface area contributed by atoms with E-state index in [2.05, 4.69) is 152 Å². The Balaban J connectivity index is 0.000000320. The molecule has 4 rings (SSSR count). The quantitative estimate of drug-likeness (QED) is 0.0830. The zero-order valence-electron chi connectivity index (χ0n) is 30.0. The fourth-order valence-corrected chi connectivity index (χ4v) is 14.5. The number of ether oxygens (including phenoxy) is 2. The smallest absolute Gasteiger partial charge is 0.169 e. The van der Waals surface area contributed by atoms with Gasteiger partial charge in [0.15, 0.2) is 23.0 Å². The minimum absolute atomic E-state index is 0. The van der Waals surface area contributed by atoms with Crippen molar-refractivity contribution in [3.63, 3.8) is 0 Å². The van der Waals surface area contributed by atoms with Crippen LogP contribution in [0.25, 0.3) is 0 Å². The van der Waals surface area contributed by atoms with Crippen LogP contribution in [-0.4, -0.2) is 49.3 Å². The molecule has 7 heteroatoms. The number of hydrogen-bond acceptors (Lipinski definition) is 2. The Kier molecular flexibility index (Phi) is 20.8. The molecule has 4 aromatic rings. The van der Waals surface area contributed by atoms with Crippen molar-refractivity contribution >= 4 is 52.9 Å². The molecule has 0 saturated carbocycles. The summed E-state index contributed by atoms with van der Waals surface area (Å²) < 4.78 is 12.9.